The lowest BCUT2D eigenvalue weighted by Gasteiger charge is -2.21. The molecule has 0 aliphatic heterocycles. The van der Waals surface area contributed by atoms with Gasteiger partial charge in [0, 0.05) is 24.7 Å². The standard InChI is InChI=1S/C18H16F3N3O2/c1-24-14-10-12(26-2)7-6-11(14)9-15(24)17(25)23-16(18(19,20)21)13-5-3-4-8-22-13/h3-10,16H,1-2H3,(H,23,25)/t16-/m0/s1. The van der Waals surface area contributed by atoms with E-state index in [0.29, 0.717) is 11.3 Å². The van der Waals surface area contributed by atoms with Crippen molar-refractivity contribution in [1.29, 1.82) is 0 Å². The number of halogens is 3. The Bertz CT molecular complexity index is 936. The van der Waals surface area contributed by atoms with E-state index >= 15 is 0 Å². The molecule has 2 aromatic heterocycles. The molecule has 0 aliphatic rings. The van der Waals surface area contributed by atoms with Gasteiger partial charge in [-0.1, -0.05) is 6.07 Å². The van der Waals surface area contributed by atoms with Gasteiger partial charge in [0.1, 0.15) is 11.4 Å². The maximum Gasteiger partial charge on any atom is 0.414 e. The van der Waals surface area contributed by atoms with Gasteiger partial charge in [-0.2, -0.15) is 13.2 Å². The summed E-state index contributed by atoms with van der Waals surface area (Å²) in [7, 11) is 3.12. The second-order valence-corrected chi connectivity index (χ2v) is 5.72. The summed E-state index contributed by atoms with van der Waals surface area (Å²) in [5.41, 5.74) is 0.517. The minimum atomic E-state index is -4.67. The molecule has 1 amide bonds. The Morgan fingerprint density at radius 1 is 1.23 bits per heavy atom. The lowest BCUT2D eigenvalue weighted by Crippen LogP contribution is -2.39. The maximum absolute atomic E-state index is 13.4. The maximum atomic E-state index is 13.4. The number of aryl methyl sites for hydroxylation is 1. The van der Waals surface area contributed by atoms with Crippen LogP contribution in [0, 0.1) is 0 Å². The largest absolute Gasteiger partial charge is 0.497 e. The van der Waals surface area contributed by atoms with Crippen LogP contribution in [0.5, 0.6) is 5.75 Å². The normalized spacial score (nSPS) is 12.8. The third-order valence-electron chi connectivity index (χ3n) is 4.07. The Labute approximate surface area is 147 Å². The molecular weight excluding hydrogens is 347 g/mol. The number of methoxy groups -OCH3 is 1. The third-order valence-corrected chi connectivity index (χ3v) is 4.07. The number of pyridine rings is 1. The molecule has 0 radical (unpaired) electrons. The van der Waals surface area contributed by atoms with E-state index in [1.807, 2.05) is 5.32 Å². The van der Waals surface area contributed by atoms with Crippen molar-refractivity contribution >= 4 is 16.8 Å². The first-order valence-corrected chi connectivity index (χ1v) is 7.73. The summed E-state index contributed by atoms with van der Waals surface area (Å²) in [6.07, 6.45) is -3.42. The van der Waals surface area contributed by atoms with Crippen LogP contribution in [0.2, 0.25) is 0 Å². The number of carbonyl (C=O) groups is 1. The van der Waals surface area contributed by atoms with Crippen LogP contribution in [-0.2, 0) is 7.05 Å². The van der Waals surface area contributed by atoms with Crippen LogP contribution in [0.25, 0.3) is 10.9 Å². The second-order valence-electron chi connectivity index (χ2n) is 5.72. The Kier molecular flexibility index (Phi) is 4.58. The van der Waals surface area contributed by atoms with Crippen molar-refractivity contribution in [3.63, 3.8) is 0 Å². The molecule has 0 aliphatic carbocycles. The van der Waals surface area contributed by atoms with E-state index in [1.165, 1.54) is 42.1 Å². The molecule has 1 atom stereocenters. The molecule has 5 nitrogen and oxygen atoms in total. The summed E-state index contributed by atoms with van der Waals surface area (Å²) in [4.78, 5) is 16.3. The number of benzene rings is 1. The number of fused-ring (bicyclic) bond motifs is 1. The molecular formula is C18H16F3N3O2. The van der Waals surface area contributed by atoms with Gasteiger partial charge in [0.15, 0.2) is 6.04 Å². The Balaban J connectivity index is 1.95. The highest BCUT2D eigenvalue weighted by atomic mass is 19.4. The van der Waals surface area contributed by atoms with Crippen molar-refractivity contribution < 1.29 is 22.7 Å². The molecule has 0 saturated carbocycles. The first-order valence-electron chi connectivity index (χ1n) is 7.73. The summed E-state index contributed by atoms with van der Waals surface area (Å²) in [6, 6.07) is 8.70. The number of alkyl halides is 3. The minimum Gasteiger partial charge on any atom is -0.497 e. The summed E-state index contributed by atoms with van der Waals surface area (Å²) in [5, 5.41) is 2.76. The number of carbonyl (C=O) groups excluding carboxylic acids is 1. The SMILES string of the molecule is COc1ccc2cc(C(=O)N[C@@H](c3ccccn3)C(F)(F)F)n(C)c2c1. The summed E-state index contributed by atoms with van der Waals surface area (Å²) >= 11 is 0. The van der Waals surface area contributed by atoms with Crippen LogP contribution >= 0.6 is 0 Å². The predicted octanol–water partition coefficient (Wildman–Crippen LogP) is 3.62. The topological polar surface area (TPSA) is 56.1 Å². The number of nitrogens with one attached hydrogen (secondary N) is 1. The quantitative estimate of drug-likeness (QED) is 0.770. The molecule has 136 valence electrons. The van der Waals surface area contributed by atoms with Crippen LogP contribution < -0.4 is 10.1 Å². The molecule has 8 heteroatoms. The first-order chi connectivity index (χ1) is 12.3. The third kappa shape index (κ3) is 3.35. The smallest absolute Gasteiger partial charge is 0.414 e. The number of rotatable bonds is 4. The minimum absolute atomic E-state index is 0.110. The van der Waals surface area contributed by atoms with Gasteiger partial charge in [0.05, 0.1) is 18.3 Å². The van der Waals surface area contributed by atoms with Crippen LogP contribution in [0.3, 0.4) is 0 Å². The molecule has 1 N–H and O–H groups in total. The molecule has 0 fully saturated rings. The fourth-order valence-corrected chi connectivity index (χ4v) is 2.73. The molecule has 3 rings (SSSR count). The van der Waals surface area contributed by atoms with E-state index in [0.717, 1.165) is 5.39 Å². The lowest BCUT2D eigenvalue weighted by atomic mass is 10.1. The molecule has 0 spiro atoms. The molecule has 1 aromatic carbocycles. The van der Waals surface area contributed by atoms with E-state index in [-0.39, 0.29) is 11.4 Å². The van der Waals surface area contributed by atoms with Crippen molar-refractivity contribution in [2.24, 2.45) is 7.05 Å². The first kappa shape index (κ1) is 17.8. The number of hydrogen-bond donors (Lipinski definition) is 1. The zero-order valence-electron chi connectivity index (χ0n) is 14.0. The van der Waals surface area contributed by atoms with Crippen molar-refractivity contribution in [2.45, 2.75) is 12.2 Å². The van der Waals surface area contributed by atoms with E-state index in [1.54, 1.807) is 25.2 Å². The van der Waals surface area contributed by atoms with Crippen LogP contribution in [-0.4, -0.2) is 28.7 Å². The number of amides is 1. The fraction of sp³-hybridized carbons (Fsp3) is 0.222. The summed E-state index contributed by atoms with van der Waals surface area (Å²) < 4.78 is 46.9. The Morgan fingerprint density at radius 2 is 2.00 bits per heavy atom. The van der Waals surface area contributed by atoms with Gasteiger partial charge in [-0.3, -0.25) is 9.78 Å². The average Bonchev–Trinajstić information content (AvgIpc) is 2.95. The van der Waals surface area contributed by atoms with E-state index in [2.05, 4.69) is 4.98 Å². The van der Waals surface area contributed by atoms with E-state index in [9.17, 15) is 18.0 Å². The molecule has 26 heavy (non-hydrogen) atoms. The van der Waals surface area contributed by atoms with Gasteiger partial charge < -0.3 is 14.6 Å². The second kappa shape index (κ2) is 6.70. The number of nitrogens with zero attached hydrogens (tertiary/aromatic N) is 2. The van der Waals surface area contributed by atoms with Crippen molar-refractivity contribution in [1.82, 2.24) is 14.9 Å². The fourth-order valence-electron chi connectivity index (χ4n) is 2.73. The number of ether oxygens (including phenoxy) is 1. The highest BCUT2D eigenvalue weighted by Crippen LogP contribution is 2.32. The van der Waals surface area contributed by atoms with Gasteiger partial charge >= 0.3 is 6.18 Å². The Hall–Kier alpha value is -3.03. The molecule has 3 aromatic rings. The van der Waals surface area contributed by atoms with Crippen molar-refractivity contribution in [3.05, 3.63) is 60.0 Å². The lowest BCUT2D eigenvalue weighted by molar-refractivity contribution is -0.156. The highest BCUT2D eigenvalue weighted by molar-refractivity contribution is 5.99. The monoisotopic (exact) mass is 363 g/mol. The van der Waals surface area contributed by atoms with Gasteiger partial charge in [0.2, 0.25) is 0 Å². The number of hydrogen-bond acceptors (Lipinski definition) is 3. The molecule has 2 heterocycles. The van der Waals surface area contributed by atoms with E-state index in [4.69, 9.17) is 4.74 Å². The molecule has 0 bridgehead atoms. The summed E-state index contributed by atoms with van der Waals surface area (Å²) in [6.45, 7) is 0. The Morgan fingerprint density at radius 3 is 2.62 bits per heavy atom. The predicted molar refractivity (Wildman–Crippen MR) is 90.0 cm³/mol. The summed E-state index contributed by atoms with van der Waals surface area (Å²) in [5.74, 6) is -0.247. The van der Waals surface area contributed by atoms with Crippen molar-refractivity contribution in [3.8, 4) is 5.75 Å². The van der Waals surface area contributed by atoms with Crippen LogP contribution in [0.15, 0.2) is 48.7 Å². The van der Waals surface area contributed by atoms with E-state index < -0.39 is 18.1 Å². The van der Waals surface area contributed by atoms with Gasteiger partial charge in [0.25, 0.3) is 5.91 Å². The van der Waals surface area contributed by atoms with Gasteiger partial charge in [-0.15, -0.1) is 0 Å². The highest BCUT2D eigenvalue weighted by Gasteiger charge is 2.43. The average molecular weight is 363 g/mol. The van der Waals surface area contributed by atoms with Crippen LogP contribution in [0.4, 0.5) is 13.2 Å². The molecule has 0 saturated heterocycles. The van der Waals surface area contributed by atoms with Gasteiger partial charge in [-0.05, 0) is 30.3 Å². The van der Waals surface area contributed by atoms with Gasteiger partial charge in [-0.25, -0.2) is 0 Å². The zero-order chi connectivity index (χ0) is 18.9. The number of aromatic nitrogens is 2. The van der Waals surface area contributed by atoms with Crippen LogP contribution in [0.1, 0.15) is 22.2 Å². The molecule has 0 unspecified atom stereocenters. The zero-order valence-corrected chi connectivity index (χ0v) is 14.0. The van der Waals surface area contributed by atoms with Crippen molar-refractivity contribution in [2.75, 3.05) is 7.11 Å².